The Morgan fingerprint density at radius 1 is 1.38 bits per heavy atom. The number of carbonyl (C=O) groups excluding carboxylic acids is 1. The van der Waals surface area contributed by atoms with Crippen molar-refractivity contribution in [3.05, 3.63) is 11.8 Å². The topological polar surface area (TPSA) is 81.5 Å². The number of aliphatic imine (C=N–C) groups is 1. The molecule has 1 aliphatic carbocycles. The number of nitrogens with zero attached hydrogens (tertiary/aromatic N) is 1. The summed E-state index contributed by atoms with van der Waals surface area (Å²) in [5.74, 6) is -0.338. The fraction of sp³-hybridized carbons (Fsp3) is 0.556. The summed E-state index contributed by atoms with van der Waals surface area (Å²) in [6.07, 6.45) is 3.26. The van der Waals surface area contributed by atoms with E-state index in [1.54, 1.807) is 13.0 Å². The zero-order valence-electron chi connectivity index (χ0n) is 8.00. The highest BCUT2D eigenvalue weighted by molar-refractivity contribution is 5.98. The SMILES string of the molecule is CC(N)=CC(C)=NC1(C(N)=O)CC1. The van der Waals surface area contributed by atoms with Crippen molar-refractivity contribution in [1.29, 1.82) is 0 Å². The molecule has 1 aliphatic rings. The van der Waals surface area contributed by atoms with Crippen LogP contribution in [0.3, 0.4) is 0 Å². The molecule has 0 radical (unpaired) electrons. The maximum absolute atomic E-state index is 11.0. The van der Waals surface area contributed by atoms with E-state index in [0.29, 0.717) is 5.70 Å². The lowest BCUT2D eigenvalue weighted by atomic mass is 10.2. The van der Waals surface area contributed by atoms with E-state index in [2.05, 4.69) is 4.99 Å². The molecule has 0 saturated heterocycles. The molecule has 1 rings (SSSR count). The largest absolute Gasteiger partial charge is 0.402 e. The summed E-state index contributed by atoms with van der Waals surface area (Å²) >= 11 is 0. The normalized spacial score (nSPS) is 21.4. The quantitative estimate of drug-likeness (QED) is 0.615. The molecule has 0 heterocycles. The number of carbonyl (C=O) groups is 1. The van der Waals surface area contributed by atoms with Gasteiger partial charge in [-0.15, -0.1) is 0 Å². The van der Waals surface area contributed by atoms with Crippen LogP contribution in [-0.4, -0.2) is 17.2 Å². The van der Waals surface area contributed by atoms with E-state index in [-0.39, 0.29) is 5.91 Å². The zero-order valence-corrected chi connectivity index (χ0v) is 8.00. The molecule has 1 amide bonds. The smallest absolute Gasteiger partial charge is 0.245 e. The average Bonchev–Trinajstić information content (AvgIpc) is 2.66. The van der Waals surface area contributed by atoms with Crippen LogP contribution in [0.15, 0.2) is 16.8 Å². The van der Waals surface area contributed by atoms with Gasteiger partial charge in [0.25, 0.3) is 0 Å². The predicted molar refractivity (Wildman–Crippen MR) is 52.2 cm³/mol. The number of primary amides is 1. The predicted octanol–water partition coefficient (Wildman–Crippen LogP) is 0.328. The van der Waals surface area contributed by atoms with E-state index in [1.807, 2.05) is 6.92 Å². The number of amides is 1. The molecule has 4 N–H and O–H groups in total. The van der Waals surface area contributed by atoms with E-state index in [0.717, 1.165) is 18.6 Å². The zero-order chi connectivity index (χ0) is 10.1. The first kappa shape index (κ1) is 9.77. The van der Waals surface area contributed by atoms with Crippen LogP contribution in [0.25, 0.3) is 0 Å². The van der Waals surface area contributed by atoms with Crippen molar-refractivity contribution in [3.8, 4) is 0 Å². The van der Waals surface area contributed by atoms with Crippen molar-refractivity contribution in [2.75, 3.05) is 0 Å². The highest BCUT2D eigenvalue weighted by atomic mass is 16.1. The average molecular weight is 181 g/mol. The summed E-state index contributed by atoms with van der Waals surface area (Å²) in [6, 6.07) is 0. The van der Waals surface area contributed by atoms with Crippen LogP contribution in [0, 0.1) is 0 Å². The van der Waals surface area contributed by atoms with Gasteiger partial charge in [-0.1, -0.05) is 0 Å². The number of allylic oxidation sites excluding steroid dienone is 2. The summed E-state index contributed by atoms with van der Waals surface area (Å²) in [7, 11) is 0. The van der Waals surface area contributed by atoms with Gasteiger partial charge in [0.15, 0.2) is 0 Å². The molecule has 0 spiro atoms. The van der Waals surface area contributed by atoms with Crippen molar-refractivity contribution in [1.82, 2.24) is 0 Å². The molecular formula is C9H15N3O. The van der Waals surface area contributed by atoms with Crippen LogP contribution in [0.2, 0.25) is 0 Å². The molecule has 0 aromatic rings. The first-order valence-corrected chi connectivity index (χ1v) is 4.26. The van der Waals surface area contributed by atoms with Gasteiger partial charge in [-0.05, 0) is 32.8 Å². The van der Waals surface area contributed by atoms with Crippen LogP contribution in [-0.2, 0) is 4.79 Å². The Balaban J connectivity index is 2.76. The minimum Gasteiger partial charge on any atom is -0.402 e. The number of hydrogen-bond donors (Lipinski definition) is 2. The molecule has 4 heteroatoms. The van der Waals surface area contributed by atoms with Gasteiger partial charge >= 0.3 is 0 Å². The molecule has 13 heavy (non-hydrogen) atoms. The van der Waals surface area contributed by atoms with Crippen LogP contribution >= 0.6 is 0 Å². The van der Waals surface area contributed by atoms with E-state index >= 15 is 0 Å². The van der Waals surface area contributed by atoms with Crippen molar-refractivity contribution in [3.63, 3.8) is 0 Å². The van der Waals surface area contributed by atoms with E-state index < -0.39 is 5.54 Å². The lowest BCUT2D eigenvalue weighted by Crippen LogP contribution is -2.29. The molecule has 0 bridgehead atoms. The minimum atomic E-state index is -0.615. The fourth-order valence-electron chi connectivity index (χ4n) is 1.23. The van der Waals surface area contributed by atoms with Crippen LogP contribution < -0.4 is 11.5 Å². The van der Waals surface area contributed by atoms with Gasteiger partial charge in [0, 0.05) is 11.4 Å². The Hall–Kier alpha value is -1.32. The third kappa shape index (κ3) is 2.31. The lowest BCUT2D eigenvalue weighted by molar-refractivity contribution is -0.120. The molecule has 0 aromatic heterocycles. The maximum atomic E-state index is 11.0. The number of nitrogens with two attached hydrogens (primary N) is 2. The second kappa shape index (κ2) is 3.20. The summed E-state index contributed by atoms with van der Waals surface area (Å²) in [5, 5.41) is 0. The van der Waals surface area contributed by atoms with E-state index in [9.17, 15) is 4.79 Å². The number of rotatable bonds is 3. The summed E-state index contributed by atoms with van der Waals surface area (Å²) in [6.45, 7) is 3.60. The second-order valence-corrected chi connectivity index (χ2v) is 3.54. The lowest BCUT2D eigenvalue weighted by Gasteiger charge is -2.04. The van der Waals surface area contributed by atoms with Crippen molar-refractivity contribution in [2.24, 2.45) is 16.5 Å². The van der Waals surface area contributed by atoms with Crippen LogP contribution in [0.5, 0.6) is 0 Å². The van der Waals surface area contributed by atoms with Gasteiger partial charge in [-0.3, -0.25) is 9.79 Å². The third-order valence-electron chi connectivity index (χ3n) is 2.01. The van der Waals surface area contributed by atoms with Crippen LogP contribution in [0.4, 0.5) is 0 Å². The van der Waals surface area contributed by atoms with Crippen LogP contribution in [0.1, 0.15) is 26.7 Å². The van der Waals surface area contributed by atoms with E-state index in [1.165, 1.54) is 0 Å². The Bertz CT molecular complexity index is 283. The monoisotopic (exact) mass is 181 g/mol. The summed E-state index contributed by atoms with van der Waals surface area (Å²) in [4.78, 5) is 15.2. The second-order valence-electron chi connectivity index (χ2n) is 3.54. The molecule has 1 saturated carbocycles. The Morgan fingerprint density at radius 3 is 2.23 bits per heavy atom. The molecule has 0 aromatic carbocycles. The van der Waals surface area contributed by atoms with Crippen molar-refractivity contribution < 1.29 is 4.79 Å². The highest BCUT2D eigenvalue weighted by Gasteiger charge is 2.48. The standard InChI is InChI=1S/C9H15N3O/c1-6(10)5-7(2)12-9(3-4-9)8(11)13/h5H,3-4,10H2,1-2H3,(H2,11,13). The molecule has 4 nitrogen and oxygen atoms in total. The number of hydrogen-bond acceptors (Lipinski definition) is 3. The van der Waals surface area contributed by atoms with E-state index in [4.69, 9.17) is 11.5 Å². The van der Waals surface area contributed by atoms with Gasteiger partial charge in [0.05, 0.1) is 0 Å². The molecule has 0 unspecified atom stereocenters. The molecular weight excluding hydrogens is 166 g/mol. The third-order valence-corrected chi connectivity index (χ3v) is 2.01. The Kier molecular flexibility index (Phi) is 2.40. The fourth-order valence-corrected chi connectivity index (χ4v) is 1.23. The highest BCUT2D eigenvalue weighted by Crippen LogP contribution is 2.39. The van der Waals surface area contributed by atoms with Gasteiger partial charge in [-0.2, -0.15) is 0 Å². The first-order valence-electron chi connectivity index (χ1n) is 4.26. The summed E-state index contributed by atoms with van der Waals surface area (Å²) in [5.41, 5.74) is 11.5. The first-order chi connectivity index (χ1) is 5.96. The maximum Gasteiger partial charge on any atom is 0.245 e. The molecule has 72 valence electrons. The molecule has 0 atom stereocenters. The summed E-state index contributed by atoms with van der Waals surface area (Å²) < 4.78 is 0. The van der Waals surface area contributed by atoms with Gasteiger partial charge in [0.2, 0.25) is 5.91 Å². The molecule has 1 fully saturated rings. The minimum absolute atomic E-state index is 0.338. The Morgan fingerprint density at radius 2 is 1.92 bits per heavy atom. The Labute approximate surface area is 77.7 Å². The van der Waals surface area contributed by atoms with Gasteiger partial charge in [-0.25, -0.2) is 0 Å². The van der Waals surface area contributed by atoms with Crippen molar-refractivity contribution in [2.45, 2.75) is 32.2 Å². The van der Waals surface area contributed by atoms with Gasteiger partial charge in [0.1, 0.15) is 5.54 Å². The van der Waals surface area contributed by atoms with Crippen molar-refractivity contribution >= 4 is 11.6 Å². The van der Waals surface area contributed by atoms with Gasteiger partial charge < -0.3 is 11.5 Å². The molecule has 0 aliphatic heterocycles.